The predicted molar refractivity (Wildman–Crippen MR) is 137 cm³/mol. The Hall–Kier alpha value is -3.72. The highest BCUT2D eigenvalue weighted by atomic mass is 16.4. The number of aliphatic carboxylic acids is 1. The van der Waals surface area contributed by atoms with Gasteiger partial charge in [0.25, 0.3) is 0 Å². The molecule has 6 N–H and O–H groups in total. The molecule has 0 radical (unpaired) electrons. The first kappa shape index (κ1) is 28.5. The molecular formula is C27H36N4O5. The molecule has 2 aromatic carbocycles. The molecule has 0 aliphatic rings. The molecule has 0 heterocycles. The normalized spacial score (nSPS) is 15.0. The molecule has 0 fully saturated rings. The van der Waals surface area contributed by atoms with Crippen LogP contribution in [0, 0.1) is 5.92 Å². The monoisotopic (exact) mass is 496 g/mol. The zero-order chi connectivity index (χ0) is 26.7. The maximum Gasteiger partial charge on any atom is 0.326 e. The molecule has 5 atom stereocenters. The molecule has 9 nitrogen and oxygen atoms in total. The summed E-state index contributed by atoms with van der Waals surface area (Å²) < 4.78 is 0. The molecule has 0 aromatic heterocycles. The lowest BCUT2D eigenvalue weighted by Crippen LogP contribution is -2.58. The fraction of sp³-hybridized carbons (Fsp3) is 0.407. The molecule has 0 saturated carbocycles. The van der Waals surface area contributed by atoms with Crippen LogP contribution in [-0.4, -0.2) is 53.0 Å². The summed E-state index contributed by atoms with van der Waals surface area (Å²) in [6.45, 7) is 5.16. The highest BCUT2D eigenvalue weighted by Crippen LogP contribution is 2.11. The van der Waals surface area contributed by atoms with Crippen LogP contribution in [0.25, 0.3) is 0 Å². The van der Waals surface area contributed by atoms with E-state index in [-0.39, 0.29) is 12.3 Å². The minimum atomic E-state index is -1.17. The van der Waals surface area contributed by atoms with Crippen LogP contribution in [0.15, 0.2) is 60.7 Å². The molecule has 194 valence electrons. The van der Waals surface area contributed by atoms with Crippen molar-refractivity contribution >= 4 is 23.7 Å². The number of hydrogen-bond acceptors (Lipinski definition) is 5. The van der Waals surface area contributed by atoms with Gasteiger partial charge < -0.3 is 26.8 Å². The van der Waals surface area contributed by atoms with Crippen molar-refractivity contribution in [2.45, 2.75) is 64.2 Å². The van der Waals surface area contributed by atoms with Gasteiger partial charge in [-0.1, -0.05) is 80.9 Å². The number of carboxylic acid groups (broad SMARTS) is 1. The van der Waals surface area contributed by atoms with Crippen LogP contribution in [0.1, 0.15) is 38.3 Å². The Morgan fingerprint density at radius 1 is 0.778 bits per heavy atom. The van der Waals surface area contributed by atoms with E-state index in [1.165, 1.54) is 6.92 Å². The van der Waals surface area contributed by atoms with Gasteiger partial charge in [0.15, 0.2) is 0 Å². The van der Waals surface area contributed by atoms with Crippen LogP contribution in [0.2, 0.25) is 0 Å². The first-order valence-corrected chi connectivity index (χ1v) is 12.1. The largest absolute Gasteiger partial charge is 0.480 e. The molecular weight excluding hydrogens is 460 g/mol. The van der Waals surface area contributed by atoms with Crippen molar-refractivity contribution in [3.05, 3.63) is 71.8 Å². The van der Waals surface area contributed by atoms with Gasteiger partial charge in [0, 0.05) is 6.42 Å². The molecule has 0 spiro atoms. The fourth-order valence-corrected chi connectivity index (χ4v) is 3.64. The van der Waals surface area contributed by atoms with Gasteiger partial charge in [0.1, 0.15) is 18.1 Å². The van der Waals surface area contributed by atoms with Gasteiger partial charge in [0.05, 0.1) is 6.04 Å². The zero-order valence-electron chi connectivity index (χ0n) is 20.9. The van der Waals surface area contributed by atoms with Gasteiger partial charge in [-0.15, -0.1) is 0 Å². The Bertz CT molecular complexity index is 1020. The zero-order valence-corrected chi connectivity index (χ0v) is 20.9. The van der Waals surface area contributed by atoms with E-state index in [0.29, 0.717) is 12.8 Å². The van der Waals surface area contributed by atoms with E-state index < -0.39 is 47.9 Å². The van der Waals surface area contributed by atoms with Crippen molar-refractivity contribution in [2.75, 3.05) is 0 Å². The molecule has 0 bridgehead atoms. The number of nitrogens with one attached hydrogen (secondary N) is 3. The summed E-state index contributed by atoms with van der Waals surface area (Å²) >= 11 is 0. The number of amides is 3. The summed E-state index contributed by atoms with van der Waals surface area (Å²) in [6.07, 6.45) is 0.989. The fourth-order valence-electron chi connectivity index (χ4n) is 3.64. The van der Waals surface area contributed by atoms with Gasteiger partial charge in [-0.2, -0.15) is 0 Å². The quantitative estimate of drug-likeness (QED) is 0.283. The van der Waals surface area contributed by atoms with Crippen LogP contribution < -0.4 is 21.7 Å². The summed E-state index contributed by atoms with van der Waals surface area (Å²) in [5, 5.41) is 17.4. The van der Waals surface area contributed by atoms with E-state index in [1.807, 2.05) is 43.3 Å². The second kappa shape index (κ2) is 14.0. The minimum absolute atomic E-state index is 0.106. The molecule has 36 heavy (non-hydrogen) atoms. The van der Waals surface area contributed by atoms with E-state index in [2.05, 4.69) is 16.0 Å². The average molecular weight is 497 g/mol. The third kappa shape index (κ3) is 8.81. The Morgan fingerprint density at radius 3 is 1.81 bits per heavy atom. The second-order valence-electron chi connectivity index (χ2n) is 8.99. The van der Waals surface area contributed by atoms with Gasteiger partial charge >= 0.3 is 5.97 Å². The van der Waals surface area contributed by atoms with Crippen LogP contribution >= 0.6 is 0 Å². The van der Waals surface area contributed by atoms with Crippen molar-refractivity contribution in [3.8, 4) is 0 Å². The topological polar surface area (TPSA) is 151 Å². The number of carboxylic acids is 1. The molecule has 5 unspecified atom stereocenters. The number of rotatable bonds is 13. The number of carbonyl (C=O) groups is 4. The Kier molecular flexibility index (Phi) is 11.1. The standard InChI is InChI=1S/C27H36N4O5/c1-4-17(2)23(26(34)30-22(27(35)36)16-20-13-9-6-10-14-20)31-24(32)18(3)29-25(33)21(28)15-19-11-7-5-8-12-19/h5-14,17-18,21-23H,4,15-16,28H2,1-3H3,(H,29,33)(H,30,34)(H,31,32)(H,35,36). The summed E-state index contributed by atoms with van der Waals surface area (Å²) in [5.74, 6) is -3.09. The van der Waals surface area contributed by atoms with E-state index in [1.54, 1.807) is 31.2 Å². The van der Waals surface area contributed by atoms with E-state index in [9.17, 15) is 24.3 Å². The van der Waals surface area contributed by atoms with Crippen LogP contribution in [0.3, 0.4) is 0 Å². The highest BCUT2D eigenvalue weighted by Gasteiger charge is 2.31. The lowest BCUT2D eigenvalue weighted by molar-refractivity contribution is -0.142. The summed E-state index contributed by atoms with van der Waals surface area (Å²) in [4.78, 5) is 50.2. The number of carbonyl (C=O) groups excluding carboxylic acids is 3. The number of benzene rings is 2. The van der Waals surface area contributed by atoms with Crippen molar-refractivity contribution in [1.82, 2.24) is 16.0 Å². The second-order valence-corrected chi connectivity index (χ2v) is 8.99. The molecule has 0 aliphatic heterocycles. The smallest absolute Gasteiger partial charge is 0.326 e. The lowest BCUT2D eigenvalue weighted by atomic mass is 9.97. The van der Waals surface area contributed by atoms with E-state index in [4.69, 9.17) is 5.73 Å². The molecule has 2 rings (SSSR count). The minimum Gasteiger partial charge on any atom is -0.480 e. The number of hydrogen-bond donors (Lipinski definition) is 5. The van der Waals surface area contributed by atoms with Crippen LogP contribution in [0.4, 0.5) is 0 Å². The van der Waals surface area contributed by atoms with Gasteiger partial charge in [-0.25, -0.2) is 4.79 Å². The van der Waals surface area contributed by atoms with Crippen LogP contribution in [0.5, 0.6) is 0 Å². The van der Waals surface area contributed by atoms with E-state index >= 15 is 0 Å². The highest BCUT2D eigenvalue weighted by molar-refractivity contribution is 5.94. The van der Waals surface area contributed by atoms with Crippen LogP contribution in [-0.2, 0) is 32.0 Å². The van der Waals surface area contributed by atoms with Gasteiger partial charge in [0.2, 0.25) is 17.7 Å². The first-order chi connectivity index (χ1) is 17.1. The van der Waals surface area contributed by atoms with Crippen molar-refractivity contribution in [1.29, 1.82) is 0 Å². The Balaban J connectivity index is 2.00. The van der Waals surface area contributed by atoms with Crippen molar-refractivity contribution in [3.63, 3.8) is 0 Å². The third-order valence-electron chi connectivity index (χ3n) is 6.08. The lowest BCUT2D eigenvalue weighted by Gasteiger charge is -2.27. The third-order valence-corrected chi connectivity index (χ3v) is 6.08. The molecule has 9 heteroatoms. The first-order valence-electron chi connectivity index (χ1n) is 12.1. The molecule has 2 aromatic rings. The van der Waals surface area contributed by atoms with Crippen molar-refractivity contribution in [2.24, 2.45) is 11.7 Å². The van der Waals surface area contributed by atoms with Gasteiger partial charge in [-0.3, -0.25) is 14.4 Å². The molecule has 0 aliphatic carbocycles. The predicted octanol–water partition coefficient (Wildman–Crippen LogP) is 1.40. The maximum atomic E-state index is 13.0. The molecule has 0 saturated heterocycles. The summed E-state index contributed by atoms with van der Waals surface area (Å²) in [7, 11) is 0. The van der Waals surface area contributed by atoms with Crippen molar-refractivity contribution < 1.29 is 24.3 Å². The molecule has 3 amide bonds. The Morgan fingerprint density at radius 2 is 1.31 bits per heavy atom. The number of nitrogens with two attached hydrogens (primary N) is 1. The summed E-state index contributed by atoms with van der Waals surface area (Å²) in [6, 6.07) is 14.3. The van der Waals surface area contributed by atoms with E-state index in [0.717, 1.165) is 11.1 Å². The van der Waals surface area contributed by atoms with Gasteiger partial charge in [-0.05, 0) is 30.4 Å². The average Bonchev–Trinajstić information content (AvgIpc) is 2.87. The Labute approximate surface area is 211 Å². The maximum absolute atomic E-state index is 13.0. The summed E-state index contributed by atoms with van der Waals surface area (Å²) in [5.41, 5.74) is 7.66. The SMILES string of the molecule is CCC(C)C(NC(=O)C(C)NC(=O)C(N)Cc1ccccc1)C(=O)NC(Cc1ccccc1)C(=O)O.